The predicted octanol–water partition coefficient (Wildman–Crippen LogP) is 2.74. The summed E-state index contributed by atoms with van der Waals surface area (Å²) in [6, 6.07) is 0. The first kappa shape index (κ1) is 14.1. The topological polar surface area (TPSA) is 34.1 Å². The molecule has 20 heavy (non-hydrogen) atoms. The second kappa shape index (κ2) is 5.86. The molecule has 1 saturated heterocycles. The van der Waals surface area contributed by atoms with E-state index in [1.165, 1.54) is 11.3 Å². The summed E-state index contributed by atoms with van der Waals surface area (Å²) in [4.78, 5) is 8.02. The molecule has 0 radical (unpaired) electrons. The molecule has 1 atom stereocenters. The maximum Gasteiger partial charge on any atom is 0.145 e. The van der Waals surface area contributed by atoms with E-state index in [2.05, 4.69) is 30.0 Å². The van der Waals surface area contributed by atoms with Crippen molar-refractivity contribution in [1.82, 2.24) is 4.90 Å². The van der Waals surface area contributed by atoms with Gasteiger partial charge in [0.05, 0.1) is 17.9 Å². The van der Waals surface area contributed by atoms with Gasteiger partial charge in [-0.25, -0.2) is 0 Å². The SMILES string of the molecule is CCC1=NOC(CN2CCC3(C=C(C)CCO3)CC2)C1. The Labute approximate surface area is 121 Å². The third kappa shape index (κ3) is 3.07. The first-order chi connectivity index (χ1) is 9.69. The normalized spacial score (nSPS) is 30.0. The van der Waals surface area contributed by atoms with Gasteiger partial charge in [0.1, 0.15) is 6.10 Å². The van der Waals surface area contributed by atoms with E-state index < -0.39 is 0 Å². The van der Waals surface area contributed by atoms with Crippen LogP contribution in [0.1, 0.15) is 46.0 Å². The van der Waals surface area contributed by atoms with Crippen LogP contribution in [0.3, 0.4) is 0 Å². The van der Waals surface area contributed by atoms with Crippen LogP contribution in [0.2, 0.25) is 0 Å². The van der Waals surface area contributed by atoms with Crippen molar-refractivity contribution in [2.45, 2.75) is 57.7 Å². The highest BCUT2D eigenvalue weighted by Crippen LogP contribution is 2.33. The number of hydrogen-bond acceptors (Lipinski definition) is 4. The van der Waals surface area contributed by atoms with Crippen molar-refractivity contribution in [2.24, 2.45) is 5.16 Å². The molecule has 0 amide bonds. The fourth-order valence-electron chi connectivity index (χ4n) is 3.46. The minimum absolute atomic E-state index is 0.0282. The quantitative estimate of drug-likeness (QED) is 0.744. The van der Waals surface area contributed by atoms with E-state index in [0.29, 0.717) is 0 Å². The Morgan fingerprint density at radius 3 is 2.85 bits per heavy atom. The number of rotatable bonds is 3. The highest BCUT2D eigenvalue weighted by molar-refractivity contribution is 5.85. The van der Waals surface area contributed by atoms with Crippen LogP contribution in [-0.4, -0.2) is 48.6 Å². The molecule has 0 aromatic heterocycles. The number of piperidine rings is 1. The average molecular weight is 278 g/mol. The van der Waals surface area contributed by atoms with Crippen LogP contribution < -0.4 is 0 Å². The second-order valence-corrected chi connectivity index (χ2v) is 6.40. The third-order valence-corrected chi connectivity index (χ3v) is 4.76. The maximum atomic E-state index is 6.07. The Balaban J connectivity index is 1.48. The molecular weight excluding hydrogens is 252 g/mol. The summed E-state index contributed by atoms with van der Waals surface area (Å²) in [5.74, 6) is 0. The van der Waals surface area contributed by atoms with Gasteiger partial charge in [0.25, 0.3) is 0 Å². The number of hydrogen-bond donors (Lipinski definition) is 0. The summed E-state index contributed by atoms with van der Waals surface area (Å²) in [6.07, 6.45) is 7.97. The molecule has 0 saturated carbocycles. The smallest absolute Gasteiger partial charge is 0.145 e. The lowest BCUT2D eigenvalue weighted by Crippen LogP contribution is -2.48. The zero-order valence-corrected chi connectivity index (χ0v) is 12.7. The van der Waals surface area contributed by atoms with Crippen LogP contribution in [0.5, 0.6) is 0 Å². The Hall–Kier alpha value is -0.870. The molecule has 0 aromatic rings. The van der Waals surface area contributed by atoms with Gasteiger partial charge in [-0.15, -0.1) is 0 Å². The summed E-state index contributed by atoms with van der Waals surface area (Å²) >= 11 is 0. The fourth-order valence-corrected chi connectivity index (χ4v) is 3.46. The Morgan fingerprint density at radius 2 is 2.20 bits per heavy atom. The van der Waals surface area contributed by atoms with Gasteiger partial charge < -0.3 is 9.57 Å². The van der Waals surface area contributed by atoms with Gasteiger partial charge in [-0.2, -0.15) is 0 Å². The maximum absolute atomic E-state index is 6.07. The summed E-state index contributed by atoms with van der Waals surface area (Å²) in [5, 5.41) is 4.15. The standard InChI is InChI=1S/C16H26N2O2/c1-3-14-10-15(20-17-14)12-18-7-5-16(6-8-18)11-13(2)4-9-19-16/h11,15H,3-10,12H2,1-2H3. The van der Waals surface area contributed by atoms with Crippen LogP contribution in [0.15, 0.2) is 16.8 Å². The van der Waals surface area contributed by atoms with Gasteiger partial charge in [0.15, 0.2) is 0 Å². The van der Waals surface area contributed by atoms with Crippen molar-refractivity contribution in [3.8, 4) is 0 Å². The van der Waals surface area contributed by atoms with Crippen molar-refractivity contribution >= 4 is 5.71 Å². The first-order valence-corrected chi connectivity index (χ1v) is 7.95. The molecule has 0 N–H and O–H groups in total. The van der Waals surface area contributed by atoms with E-state index in [0.717, 1.165) is 58.3 Å². The van der Waals surface area contributed by atoms with Crippen molar-refractivity contribution in [2.75, 3.05) is 26.2 Å². The molecule has 0 aromatic carbocycles. The highest BCUT2D eigenvalue weighted by Gasteiger charge is 2.36. The second-order valence-electron chi connectivity index (χ2n) is 6.40. The summed E-state index contributed by atoms with van der Waals surface area (Å²) in [6.45, 7) is 8.47. The largest absolute Gasteiger partial charge is 0.391 e. The van der Waals surface area contributed by atoms with Crippen molar-refractivity contribution in [3.63, 3.8) is 0 Å². The molecule has 3 rings (SSSR count). The molecule has 4 nitrogen and oxygen atoms in total. The number of nitrogens with zero attached hydrogens (tertiary/aromatic N) is 2. The van der Waals surface area contributed by atoms with Crippen LogP contribution in [0.25, 0.3) is 0 Å². The molecule has 1 spiro atoms. The Morgan fingerprint density at radius 1 is 1.40 bits per heavy atom. The van der Waals surface area contributed by atoms with Gasteiger partial charge >= 0.3 is 0 Å². The van der Waals surface area contributed by atoms with E-state index >= 15 is 0 Å². The molecule has 3 aliphatic rings. The van der Waals surface area contributed by atoms with Crippen LogP contribution in [-0.2, 0) is 9.57 Å². The lowest BCUT2D eigenvalue weighted by atomic mass is 9.87. The van der Waals surface area contributed by atoms with Crippen LogP contribution >= 0.6 is 0 Å². The summed E-state index contributed by atoms with van der Waals surface area (Å²) < 4.78 is 6.07. The lowest BCUT2D eigenvalue weighted by Gasteiger charge is -2.42. The third-order valence-electron chi connectivity index (χ3n) is 4.76. The van der Waals surface area contributed by atoms with Gasteiger partial charge in [-0.3, -0.25) is 4.90 Å². The Bertz CT molecular complexity index is 409. The van der Waals surface area contributed by atoms with Crippen molar-refractivity contribution < 1.29 is 9.57 Å². The molecule has 112 valence electrons. The molecule has 3 heterocycles. The van der Waals surface area contributed by atoms with Gasteiger partial charge in [-0.05, 0) is 32.6 Å². The monoisotopic (exact) mass is 278 g/mol. The van der Waals surface area contributed by atoms with Gasteiger partial charge in [-0.1, -0.05) is 23.7 Å². The zero-order valence-electron chi connectivity index (χ0n) is 12.7. The molecule has 4 heteroatoms. The number of oxime groups is 1. The molecule has 1 fully saturated rings. The van der Waals surface area contributed by atoms with Crippen LogP contribution in [0, 0.1) is 0 Å². The van der Waals surface area contributed by atoms with Crippen molar-refractivity contribution in [1.29, 1.82) is 0 Å². The van der Waals surface area contributed by atoms with Gasteiger partial charge in [0, 0.05) is 26.1 Å². The minimum Gasteiger partial charge on any atom is -0.391 e. The van der Waals surface area contributed by atoms with E-state index in [1.54, 1.807) is 0 Å². The van der Waals surface area contributed by atoms with E-state index in [9.17, 15) is 0 Å². The van der Waals surface area contributed by atoms with Crippen molar-refractivity contribution in [3.05, 3.63) is 11.6 Å². The highest BCUT2D eigenvalue weighted by atomic mass is 16.6. The summed E-state index contributed by atoms with van der Waals surface area (Å²) in [7, 11) is 0. The summed E-state index contributed by atoms with van der Waals surface area (Å²) in [5.41, 5.74) is 2.72. The van der Waals surface area contributed by atoms with Crippen LogP contribution in [0.4, 0.5) is 0 Å². The first-order valence-electron chi connectivity index (χ1n) is 7.95. The predicted molar refractivity (Wildman–Crippen MR) is 79.9 cm³/mol. The number of likely N-dealkylation sites (tertiary alicyclic amines) is 1. The van der Waals surface area contributed by atoms with E-state index in [-0.39, 0.29) is 11.7 Å². The lowest BCUT2D eigenvalue weighted by molar-refractivity contribution is -0.0630. The zero-order chi connectivity index (χ0) is 14.0. The molecular formula is C16H26N2O2. The average Bonchev–Trinajstić information content (AvgIpc) is 2.89. The van der Waals surface area contributed by atoms with E-state index in [1.807, 2.05) is 0 Å². The fraction of sp³-hybridized carbons (Fsp3) is 0.812. The molecule has 0 aliphatic carbocycles. The Kier molecular flexibility index (Phi) is 4.13. The number of ether oxygens (including phenoxy) is 1. The minimum atomic E-state index is 0.0282. The molecule has 3 aliphatic heterocycles. The van der Waals surface area contributed by atoms with Gasteiger partial charge in [0.2, 0.25) is 0 Å². The van der Waals surface area contributed by atoms with E-state index in [4.69, 9.17) is 9.57 Å². The molecule has 1 unspecified atom stereocenters. The molecule has 0 bridgehead atoms.